The average molecular weight is 173 g/mol. The van der Waals surface area contributed by atoms with E-state index in [0.29, 0.717) is 0 Å². The minimum Gasteiger partial charge on any atom is -0.134 e. The Kier molecular flexibility index (Phi) is 19.6. The zero-order valence-electron chi connectivity index (χ0n) is 4.08. The van der Waals surface area contributed by atoms with Crippen molar-refractivity contribution in [1.82, 2.24) is 0 Å². The molecule has 0 aliphatic heterocycles. The fourth-order valence-corrected chi connectivity index (χ4v) is 0. The molecule has 0 aromatic rings. The Morgan fingerprint density at radius 2 is 0.778 bits per heavy atom. The summed E-state index contributed by atoms with van der Waals surface area (Å²) in [6.07, 6.45) is 0. The van der Waals surface area contributed by atoms with Crippen LogP contribution in [-0.4, -0.2) is 28.0 Å². The first-order valence-corrected chi connectivity index (χ1v) is 3.50. The maximum Gasteiger partial charge on any atom is 0.692 e. The third kappa shape index (κ3) is 27400. The van der Waals surface area contributed by atoms with E-state index in [1.165, 1.54) is 0 Å². The predicted molar refractivity (Wildman–Crippen MR) is 29.8 cm³/mol. The van der Waals surface area contributed by atoms with Gasteiger partial charge >= 0.3 is 16.5 Å². The van der Waals surface area contributed by atoms with Crippen LogP contribution in [0.3, 0.4) is 0 Å². The van der Waals surface area contributed by atoms with Gasteiger partial charge in [0.05, 0.1) is 0 Å². The molecule has 0 aliphatic carbocycles. The van der Waals surface area contributed by atoms with Crippen molar-refractivity contribution in [3.8, 4) is 0 Å². The topological polar surface area (TPSA) is 115 Å². The quantitative estimate of drug-likeness (QED) is 0.272. The summed E-state index contributed by atoms with van der Waals surface area (Å²) >= 11 is 0. The summed E-state index contributed by atoms with van der Waals surface area (Å²) < 4.78 is 17.4. The van der Waals surface area contributed by atoms with E-state index in [4.69, 9.17) is 28.7 Å². The highest BCUT2D eigenvalue weighted by Crippen LogP contribution is 1.98. The third-order valence-corrected chi connectivity index (χ3v) is 0. The lowest BCUT2D eigenvalue weighted by Crippen LogP contribution is -1.38. The molecular weight excluding hydrogens is 169 g/mol. The molecule has 9 heteroatoms. The van der Waals surface area contributed by atoms with Crippen molar-refractivity contribution >= 4 is 24.9 Å². The summed E-state index contributed by atoms with van der Waals surface area (Å²) in [6, 6.07) is 0. The Morgan fingerprint density at radius 1 is 0.778 bits per heavy atom. The minimum atomic E-state index is -2.87. The Labute approximate surface area is 54.6 Å². The Balaban J connectivity index is -0.0000000720. The van der Waals surface area contributed by atoms with Crippen molar-refractivity contribution in [2.75, 3.05) is 0 Å². The van der Waals surface area contributed by atoms with Gasteiger partial charge < -0.3 is 0 Å². The standard InChI is InChI=1S/B.2HO3P/c;2*1-4(2)3/h;2*(H-,1,2,3)/p+2. The second-order valence-electron chi connectivity index (χ2n) is 0.505. The lowest BCUT2D eigenvalue weighted by Gasteiger charge is -1.34. The first kappa shape index (κ1) is 16.0. The van der Waals surface area contributed by atoms with Crippen molar-refractivity contribution in [3.05, 3.63) is 0 Å². The molecule has 6 nitrogen and oxygen atoms in total. The molecule has 0 aliphatic rings. The third-order valence-electron chi connectivity index (χ3n) is 0. The van der Waals surface area contributed by atoms with E-state index in [0.717, 1.165) is 0 Å². The smallest absolute Gasteiger partial charge is 0.134 e. The molecular formula is H4BO6P2+2. The molecule has 0 spiro atoms. The van der Waals surface area contributed by atoms with Gasteiger partial charge in [-0.3, -0.25) is 0 Å². The Morgan fingerprint density at radius 3 is 0.778 bits per heavy atom. The van der Waals surface area contributed by atoms with E-state index in [1.807, 2.05) is 0 Å². The van der Waals surface area contributed by atoms with Gasteiger partial charge in [0, 0.05) is 17.5 Å². The van der Waals surface area contributed by atoms with Gasteiger partial charge in [0.25, 0.3) is 0 Å². The van der Waals surface area contributed by atoms with Gasteiger partial charge in [0.1, 0.15) is 0 Å². The van der Waals surface area contributed by atoms with E-state index in [2.05, 4.69) is 0 Å². The predicted octanol–water partition coefficient (Wildman–Crippen LogP) is -1.12. The molecule has 0 unspecified atom stereocenters. The molecule has 0 bridgehead atoms. The lowest BCUT2D eigenvalue weighted by molar-refractivity contribution is 0.403. The van der Waals surface area contributed by atoms with Crippen LogP contribution in [0.1, 0.15) is 0 Å². The molecule has 0 rings (SSSR count). The summed E-state index contributed by atoms with van der Waals surface area (Å²) in [7, 11) is -5.74. The highest BCUT2D eigenvalue weighted by Gasteiger charge is 1.93. The second kappa shape index (κ2) is 11.0. The Hall–Kier alpha value is 0.105. The summed E-state index contributed by atoms with van der Waals surface area (Å²) in [5, 5.41) is 0. The van der Waals surface area contributed by atoms with Crippen LogP contribution in [0.15, 0.2) is 0 Å². The summed E-state index contributed by atoms with van der Waals surface area (Å²) in [4.78, 5) is 28.5. The van der Waals surface area contributed by atoms with Crippen molar-refractivity contribution in [1.29, 1.82) is 0 Å². The van der Waals surface area contributed by atoms with Crippen LogP contribution in [0.5, 0.6) is 0 Å². The highest BCUT2D eigenvalue weighted by atomic mass is 31.1. The van der Waals surface area contributed by atoms with Crippen LogP contribution < -0.4 is 0 Å². The van der Waals surface area contributed by atoms with Gasteiger partial charge in [-0.05, 0) is 0 Å². The zero-order chi connectivity index (χ0) is 7.15. The monoisotopic (exact) mass is 173 g/mol. The molecule has 3 radical (unpaired) electrons. The van der Waals surface area contributed by atoms with E-state index in [1.54, 1.807) is 0 Å². The van der Waals surface area contributed by atoms with Crippen molar-refractivity contribution in [2.24, 2.45) is 0 Å². The molecule has 0 fully saturated rings. The highest BCUT2D eigenvalue weighted by molar-refractivity contribution is 7.31. The van der Waals surface area contributed by atoms with Gasteiger partial charge in [-0.1, -0.05) is 0 Å². The summed E-state index contributed by atoms with van der Waals surface area (Å²) in [5.74, 6) is 0. The molecule has 0 atom stereocenters. The lowest BCUT2D eigenvalue weighted by atomic mass is 10.8. The van der Waals surface area contributed by atoms with Crippen LogP contribution in [-0.2, 0) is 9.13 Å². The van der Waals surface area contributed by atoms with Crippen molar-refractivity contribution in [3.63, 3.8) is 0 Å². The van der Waals surface area contributed by atoms with E-state index in [-0.39, 0.29) is 8.41 Å². The molecule has 51 valence electrons. The van der Waals surface area contributed by atoms with E-state index in [9.17, 15) is 0 Å². The minimum absolute atomic E-state index is 0. The van der Waals surface area contributed by atoms with E-state index >= 15 is 0 Å². The maximum absolute atomic E-state index is 8.70. The molecule has 0 heterocycles. The number of hydrogen-bond acceptors (Lipinski definition) is 2. The first-order chi connectivity index (χ1) is 3.46. The van der Waals surface area contributed by atoms with Crippen molar-refractivity contribution < 1.29 is 28.7 Å². The first-order valence-electron chi connectivity index (χ1n) is 1.17. The number of rotatable bonds is 0. The molecule has 0 aromatic heterocycles. The summed E-state index contributed by atoms with van der Waals surface area (Å²) in [5.41, 5.74) is 0. The second-order valence-corrected chi connectivity index (χ2v) is 1.52. The number of hydrogen-bond donors (Lipinski definition) is 4. The van der Waals surface area contributed by atoms with Crippen LogP contribution in [0, 0.1) is 0 Å². The Bertz CT molecular complexity index is 69.1. The van der Waals surface area contributed by atoms with Crippen LogP contribution in [0.2, 0.25) is 0 Å². The van der Waals surface area contributed by atoms with Gasteiger partial charge in [-0.25, -0.2) is 0 Å². The normalized spacial score (nSPS) is 5.78. The summed E-state index contributed by atoms with van der Waals surface area (Å²) in [6.45, 7) is 0. The molecule has 0 saturated carbocycles. The molecule has 0 amide bonds. The largest absolute Gasteiger partial charge is 0.692 e. The van der Waals surface area contributed by atoms with E-state index < -0.39 is 16.5 Å². The van der Waals surface area contributed by atoms with Gasteiger partial charge in [-0.15, -0.1) is 19.6 Å². The van der Waals surface area contributed by atoms with Crippen molar-refractivity contribution in [2.45, 2.75) is 0 Å². The average Bonchev–Trinajstić information content (AvgIpc) is 1.25. The maximum atomic E-state index is 8.70. The molecule has 9 heavy (non-hydrogen) atoms. The SMILES string of the molecule is O=[P+](O)O.O=[P+](O)O.[B]. The van der Waals surface area contributed by atoms with Gasteiger partial charge in [-0.2, -0.15) is 0 Å². The van der Waals surface area contributed by atoms with Gasteiger partial charge in [0.15, 0.2) is 0 Å². The van der Waals surface area contributed by atoms with Gasteiger partial charge in [0.2, 0.25) is 0 Å². The molecule has 0 saturated heterocycles. The zero-order valence-corrected chi connectivity index (χ0v) is 5.87. The fourth-order valence-electron chi connectivity index (χ4n) is 0. The molecule has 0 aromatic carbocycles. The fraction of sp³-hybridized carbons (Fsp3) is 0. The molecule has 4 N–H and O–H groups in total. The van der Waals surface area contributed by atoms with Crippen LogP contribution >= 0.6 is 16.5 Å². The van der Waals surface area contributed by atoms with Crippen LogP contribution in [0.25, 0.3) is 0 Å². The van der Waals surface area contributed by atoms with Crippen LogP contribution in [0.4, 0.5) is 0 Å².